The van der Waals surface area contributed by atoms with Crippen molar-refractivity contribution in [2.45, 2.75) is 9.79 Å². The Morgan fingerprint density at radius 3 is 1.22 bits per heavy atom. The number of ketones is 1. The monoisotopic (exact) mass is 560 g/mol. The molecule has 4 aromatic rings. The highest BCUT2D eigenvalue weighted by molar-refractivity contribution is 7.87. The number of carbonyl (C=O) groups is 1. The zero-order valence-electron chi connectivity index (χ0n) is 18.0. The number of rotatable bonds is 6. The molecule has 0 bridgehead atoms. The van der Waals surface area contributed by atoms with E-state index in [0.717, 1.165) is 0 Å². The van der Waals surface area contributed by atoms with Gasteiger partial charge in [-0.15, -0.1) is 0 Å². The lowest BCUT2D eigenvalue weighted by molar-refractivity contribution is 0.104. The van der Waals surface area contributed by atoms with Gasteiger partial charge in [0.05, 0.1) is 0 Å². The summed E-state index contributed by atoms with van der Waals surface area (Å²) < 4.78 is 61.4. The van der Waals surface area contributed by atoms with Gasteiger partial charge in [-0.2, -0.15) is 16.8 Å². The van der Waals surface area contributed by atoms with E-state index in [1.54, 1.807) is 0 Å². The van der Waals surface area contributed by atoms with E-state index in [1.807, 2.05) is 0 Å². The van der Waals surface area contributed by atoms with Crippen LogP contribution in [0.3, 0.4) is 0 Å². The molecule has 11 heteroatoms. The SMILES string of the molecule is O=C1c2cc(S(=O)(=O)Oc3ccc(Cl)cc3)ccc2-c2ccc(S(=O)(=O)Oc3ccc(Cl)cc3)cc21. The summed E-state index contributed by atoms with van der Waals surface area (Å²) >= 11 is 11.6. The van der Waals surface area contributed by atoms with Crippen molar-refractivity contribution in [3.05, 3.63) is 106 Å². The first-order chi connectivity index (χ1) is 17.0. The topological polar surface area (TPSA) is 104 Å². The van der Waals surface area contributed by atoms with Gasteiger partial charge in [-0.05, 0) is 83.9 Å². The minimum Gasteiger partial charge on any atom is -0.379 e. The molecule has 0 atom stereocenters. The molecule has 0 unspecified atom stereocenters. The molecule has 0 saturated carbocycles. The molecule has 0 amide bonds. The predicted molar refractivity (Wildman–Crippen MR) is 134 cm³/mol. The quantitative estimate of drug-likeness (QED) is 0.244. The first-order valence-electron chi connectivity index (χ1n) is 10.3. The number of hydrogen-bond donors (Lipinski definition) is 0. The molecular formula is C25H14Cl2O7S2. The second-order valence-corrected chi connectivity index (χ2v) is 11.7. The van der Waals surface area contributed by atoms with E-state index in [2.05, 4.69) is 0 Å². The highest BCUT2D eigenvalue weighted by Crippen LogP contribution is 2.39. The van der Waals surface area contributed by atoms with Crippen LogP contribution in [0.2, 0.25) is 10.0 Å². The maximum absolute atomic E-state index is 13.1. The van der Waals surface area contributed by atoms with Gasteiger partial charge < -0.3 is 8.37 Å². The van der Waals surface area contributed by atoms with E-state index < -0.39 is 26.0 Å². The predicted octanol–water partition coefficient (Wildman–Crippen LogP) is 5.74. The average molecular weight is 561 g/mol. The molecule has 1 aliphatic rings. The molecule has 0 heterocycles. The summed E-state index contributed by atoms with van der Waals surface area (Å²) in [5.74, 6) is -0.401. The van der Waals surface area contributed by atoms with Crippen molar-refractivity contribution in [3.63, 3.8) is 0 Å². The van der Waals surface area contributed by atoms with E-state index >= 15 is 0 Å². The van der Waals surface area contributed by atoms with Crippen LogP contribution in [0, 0.1) is 0 Å². The van der Waals surface area contributed by atoms with E-state index in [1.165, 1.54) is 84.9 Å². The lowest BCUT2D eigenvalue weighted by Gasteiger charge is -2.09. The largest absolute Gasteiger partial charge is 0.379 e. The molecule has 182 valence electrons. The van der Waals surface area contributed by atoms with Crippen LogP contribution in [-0.2, 0) is 20.2 Å². The van der Waals surface area contributed by atoms with Crippen LogP contribution < -0.4 is 8.37 Å². The molecule has 0 N–H and O–H groups in total. The van der Waals surface area contributed by atoms with Crippen LogP contribution in [0.25, 0.3) is 11.1 Å². The van der Waals surface area contributed by atoms with Crippen LogP contribution in [0.1, 0.15) is 15.9 Å². The standard InChI is InChI=1S/C25H14Cl2O7S2/c26-15-1-5-17(6-2-15)33-35(29,30)19-9-11-21-22-12-10-20(14-24(22)25(28)23(21)13-19)36(31,32)34-18-7-3-16(27)4-8-18/h1-14H. The number of fused-ring (bicyclic) bond motifs is 3. The van der Waals surface area contributed by atoms with Gasteiger partial charge in [0.25, 0.3) is 0 Å². The molecule has 36 heavy (non-hydrogen) atoms. The Morgan fingerprint density at radius 1 is 0.500 bits per heavy atom. The van der Waals surface area contributed by atoms with Gasteiger partial charge in [0.2, 0.25) is 0 Å². The Morgan fingerprint density at radius 2 is 0.861 bits per heavy atom. The summed E-state index contributed by atoms with van der Waals surface area (Å²) in [5, 5.41) is 0.834. The fourth-order valence-electron chi connectivity index (χ4n) is 3.68. The molecule has 4 aromatic carbocycles. The number of carbonyl (C=O) groups excluding carboxylic acids is 1. The molecule has 1 aliphatic carbocycles. The summed E-state index contributed by atoms with van der Waals surface area (Å²) in [7, 11) is -8.50. The third kappa shape index (κ3) is 4.58. The molecule has 0 fully saturated rings. The van der Waals surface area contributed by atoms with Crippen molar-refractivity contribution < 1.29 is 30.0 Å². The third-order valence-electron chi connectivity index (χ3n) is 5.38. The smallest absolute Gasteiger partial charge is 0.339 e. The van der Waals surface area contributed by atoms with Gasteiger partial charge in [0.1, 0.15) is 21.3 Å². The van der Waals surface area contributed by atoms with Gasteiger partial charge in [0, 0.05) is 21.2 Å². The number of hydrogen-bond acceptors (Lipinski definition) is 7. The van der Waals surface area contributed by atoms with Gasteiger partial charge in [0.15, 0.2) is 5.78 Å². The van der Waals surface area contributed by atoms with E-state index in [0.29, 0.717) is 21.2 Å². The Balaban J connectivity index is 1.45. The second kappa shape index (κ2) is 8.94. The van der Waals surface area contributed by atoms with Crippen LogP contribution in [0.4, 0.5) is 0 Å². The Bertz CT molecular complexity index is 1600. The van der Waals surface area contributed by atoms with Crippen molar-refractivity contribution in [1.82, 2.24) is 0 Å². The lowest BCUT2D eigenvalue weighted by atomic mass is 10.1. The van der Waals surface area contributed by atoms with Gasteiger partial charge in [-0.3, -0.25) is 4.79 Å². The van der Waals surface area contributed by atoms with Crippen molar-refractivity contribution in [1.29, 1.82) is 0 Å². The number of benzene rings is 4. The molecule has 0 spiro atoms. The fourth-order valence-corrected chi connectivity index (χ4v) is 5.85. The first-order valence-corrected chi connectivity index (χ1v) is 13.8. The van der Waals surface area contributed by atoms with Crippen molar-refractivity contribution in [2.75, 3.05) is 0 Å². The summed E-state index contributed by atoms with van der Waals surface area (Å²) in [6, 6.07) is 19.6. The second-order valence-electron chi connectivity index (χ2n) is 7.73. The van der Waals surface area contributed by atoms with Crippen molar-refractivity contribution in [3.8, 4) is 22.6 Å². The minimum atomic E-state index is -4.25. The van der Waals surface area contributed by atoms with Gasteiger partial charge in [-0.25, -0.2) is 0 Å². The molecule has 0 saturated heterocycles. The maximum Gasteiger partial charge on any atom is 0.339 e. The van der Waals surface area contributed by atoms with Crippen LogP contribution in [-0.4, -0.2) is 22.6 Å². The average Bonchev–Trinajstić information content (AvgIpc) is 3.13. The lowest BCUT2D eigenvalue weighted by Crippen LogP contribution is -2.11. The van der Waals surface area contributed by atoms with E-state index in [-0.39, 0.29) is 32.4 Å². The Labute approximate surface area is 217 Å². The zero-order valence-corrected chi connectivity index (χ0v) is 21.2. The Hall–Kier alpha value is -3.37. The van der Waals surface area contributed by atoms with E-state index in [4.69, 9.17) is 31.6 Å². The summed E-state index contributed by atoms with van der Waals surface area (Å²) in [4.78, 5) is 12.7. The fraction of sp³-hybridized carbons (Fsp3) is 0. The van der Waals surface area contributed by atoms with Crippen LogP contribution >= 0.6 is 23.2 Å². The van der Waals surface area contributed by atoms with Gasteiger partial charge in [-0.1, -0.05) is 35.3 Å². The first kappa shape index (κ1) is 24.3. The van der Waals surface area contributed by atoms with E-state index in [9.17, 15) is 21.6 Å². The molecule has 5 rings (SSSR count). The number of halogens is 2. The highest BCUT2D eigenvalue weighted by Gasteiger charge is 2.31. The van der Waals surface area contributed by atoms with Crippen molar-refractivity contribution >= 4 is 49.2 Å². The molecule has 0 aromatic heterocycles. The van der Waals surface area contributed by atoms with Crippen LogP contribution in [0.15, 0.2) is 94.7 Å². The van der Waals surface area contributed by atoms with Crippen molar-refractivity contribution in [2.24, 2.45) is 0 Å². The normalized spacial score (nSPS) is 12.7. The minimum absolute atomic E-state index is 0.0602. The third-order valence-corrected chi connectivity index (χ3v) is 8.37. The molecule has 0 aliphatic heterocycles. The summed E-state index contributed by atoms with van der Waals surface area (Å²) in [6.07, 6.45) is 0. The van der Waals surface area contributed by atoms with Crippen LogP contribution in [0.5, 0.6) is 11.5 Å². The molecular weight excluding hydrogens is 547 g/mol. The zero-order chi connectivity index (χ0) is 25.7. The summed E-state index contributed by atoms with van der Waals surface area (Å²) in [6.45, 7) is 0. The summed E-state index contributed by atoms with van der Waals surface area (Å²) in [5.41, 5.74) is 1.17. The Kier molecular flexibility index (Phi) is 6.04. The molecule has 7 nitrogen and oxygen atoms in total. The maximum atomic E-state index is 13.1. The molecule has 0 radical (unpaired) electrons. The highest BCUT2D eigenvalue weighted by atomic mass is 35.5. The van der Waals surface area contributed by atoms with Gasteiger partial charge >= 0.3 is 20.2 Å².